The van der Waals surface area contributed by atoms with Crippen molar-refractivity contribution in [2.24, 2.45) is 11.5 Å². The Bertz CT molecular complexity index is 944. The molecule has 10 N–H and O–H groups in total. The highest BCUT2D eigenvalue weighted by Crippen LogP contribution is 2.12. The second-order valence-corrected chi connectivity index (χ2v) is 9.43. The van der Waals surface area contributed by atoms with Crippen LogP contribution in [0.5, 0.6) is 5.75 Å². The molecule has 4 amide bonds. The fourth-order valence-corrected chi connectivity index (χ4v) is 3.63. The summed E-state index contributed by atoms with van der Waals surface area (Å²) in [5, 5.41) is 35.8. The van der Waals surface area contributed by atoms with Crippen LogP contribution >= 0.6 is 11.8 Å². The summed E-state index contributed by atoms with van der Waals surface area (Å²) in [7, 11) is 0. The van der Waals surface area contributed by atoms with E-state index < -0.39 is 59.9 Å². The number of nitrogens with two attached hydrogens (primary N) is 2. The summed E-state index contributed by atoms with van der Waals surface area (Å²) >= 11 is 1.40. The molecule has 5 atom stereocenters. The number of benzene rings is 1. The maximum Gasteiger partial charge on any atom is 0.326 e. The lowest BCUT2D eigenvalue weighted by atomic mass is 10.0. The third kappa shape index (κ3) is 11.5. The normalized spacial score (nSPS) is 14.9. The molecule has 37 heavy (non-hydrogen) atoms. The molecule has 0 bridgehead atoms. The molecule has 0 fully saturated rings. The van der Waals surface area contributed by atoms with Gasteiger partial charge in [-0.25, -0.2) is 4.79 Å². The number of primary amides is 1. The predicted octanol–water partition coefficient (Wildman–Crippen LogP) is -1.80. The number of phenolic OH excluding ortho intramolecular Hbond substituents is 1. The number of amides is 4. The summed E-state index contributed by atoms with van der Waals surface area (Å²) in [6.07, 6.45) is 0.218. The van der Waals surface area contributed by atoms with Crippen molar-refractivity contribution in [3.8, 4) is 5.75 Å². The summed E-state index contributed by atoms with van der Waals surface area (Å²) < 4.78 is 0. The fraction of sp³-hybridized carbons (Fsp3) is 0.522. The van der Waals surface area contributed by atoms with E-state index in [1.165, 1.54) is 43.0 Å². The number of aromatic hydroxyl groups is 1. The Labute approximate surface area is 218 Å². The molecule has 1 aromatic rings. The second-order valence-electron chi connectivity index (χ2n) is 8.45. The lowest BCUT2D eigenvalue weighted by Gasteiger charge is -2.25. The molecule has 13 nitrogen and oxygen atoms in total. The van der Waals surface area contributed by atoms with Crippen LogP contribution in [-0.2, 0) is 30.4 Å². The van der Waals surface area contributed by atoms with Crippen molar-refractivity contribution in [2.45, 2.75) is 62.9 Å². The maximum atomic E-state index is 13.0. The van der Waals surface area contributed by atoms with Gasteiger partial charge in [-0.3, -0.25) is 19.2 Å². The molecule has 5 unspecified atom stereocenters. The van der Waals surface area contributed by atoms with Crippen molar-refractivity contribution in [2.75, 3.05) is 12.0 Å². The van der Waals surface area contributed by atoms with Crippen molar-refractivity contribution in [1.82, 2.24) is 16.0 Å². The number of nitrogens with one attached hydrogen (secondary N) is 3. The van der Waals surface area contributed by atoms with Gasteiger partial charge in [0, 0.05) is 12.8 Å². The van der Waals surface area contributed by atoms with Crippen molar-refractivity contribution < 1.29 is 39.3 Å². The van der Waals surface area contributed by atoms with Gasteiger partial charge in [-0.1, -0.05) is 12.1 Å². The zero-order valence-electron chi connectivity index (χ0n) is 20.7. The van der Waals surface area contributed by atoms with E-state index in [4.69, 9.17) is 11.5 Å². The van der Waals surface area contributed by atoms with E-state index in [0.29, 0.717) is 11.3 Å². The quantitative estimate of drug-likeness (QED) is 0.117. The smallest absolute Gasteiger partial charge is 0.326 e. The lowest BCUT2D eigenvalue weighted by molar-refractivity contribution is -0.142. The summed E-state index contributed by atoms with van der Waals surface area (Å²) in [6, 6.07) is 0.726. The molecule has 0 aliphatic rings. The average molecular weight is 542 g/mol. The van der Waals surface area contributed by atoms with Crippen molar-refractivity contribution in [3.63, 3.8) is 0 Å². The van der Waals surface area contributed by atoms with Gasteiger partial charge in [0.1, 0.15) is 29.9 Å². The third-order valence-corrected chi connectivity index (χ3v) is 6.01. The molecule has 206 valence electrons. The monoisotopic (exact) mass is 541 g/mol. The van der Waals surface area contributed by atoms with Crippen molar-refractivity contribution >= 4 is 41.4 Å². The van der Waals surface area contributed by atoms with Gasteiger partial charge >= 0.3 is 5.97 Å². The molecule has 1 aromatic carbocycles. The minimum atomic E-state index is -1.34. The first-order chi connectivity index (χ1) is 17.3. The molecule has 0 saturated carbocycles. The SMILES string of the molecule is CSCCC(NC(=O)C(CCC(N)=O)NC(=O)C(N)C(C)O)C(=O)NC(Cc1ccc(O)cc1)C(=O)O. The number of rotatable bonds is 16. The van der Waals surface area contributed by atoms with Gasteiger partial charge in [-0.15, -0.1) is 0 Å². The van der Waals surface area contributed by atoms with Gasteiger partial charge in [0.05, 0.1) is 6.10 Å². The molecule has 0 aliphatic heterocycles. The van der Waals surface area contributed by atoms with Gasteiger partial charge < -0.3 is 42.7 Å². The number of thioether (sulfide) groups is 1. The number of carbonyl (C=O) groups is 5. The number of hydrogen-bond acceptors (Lipinski definition) is 9. The van der Waals surface area contributed by atoms with E-state index >= 15 is 0 Å². The largest absolute Gasteiger partial charge is 0.508 e. The Balaban J connectivity index is 3.02. The number of aliphatic hydroxyl groups is 1. The molecule has 0 aliphatic carbocycles. The highest BCUT2D eigenvalue weighted by molar-refractivity contribution is 7.98. The average Bonchev–Trinajstić information content (AvgIpc) is 2.83. The molecule has 0 saturated heterocycles. The molecule has 14 heteroatoms. The minimum absolute atomic E-state index is 0.00638. The number of phenols is 1. The maximum absolute atomic E-state index is 13.0. The van der Waals surface area contributed by atoms with Gasteiger partial charge in [0.25, 0.3) is 0 Å². The first-order valence-electron chi connectivity index (χ1n) is 11.5. The van der Waals surface area contributed by atoms with Crippen LogP contribution in [0, 0.1) is 0 Å². The third-order valence-electron chi connectivity index (χ3n) is 5.37. The van der Waals surface area contributed by atoms with Crippen LogP contribution in [0.4, 0.5) is 0 Å². The Morgan fingerprint density at radius 2 is 1.43 bits per heavy atom. The van der Waals surface area contributed by atoms with Crippen molar-refractivity contribution in [3.05, 3.63) is 29.8 Å². The molecule has 0 radical (unpaired) electrons. The van der Waals surface area contributed by atoms with Crippen LogP contribution in [0.2, 0.25) is 0 Å². The lowest BCUT2D eigenvalue weighted by Crippen LogP contribution is -2.58. The number of hydrogen-bond donors (Lipinski definition) is 8. The summed E-state index contributed by atoms with van der Waals surface area (Å²) in [4.78, 5) is 61.3. The Hall–Kier alpha value is -3.36. The Morgan fingerprint density at radius 3 is 1.92 bits per heavy atom. The van der Waals surface area contributed by atoms with Crippen LogP contribution in [0.1, 0.15) is 31.7 Å². The zero-order chi connectivity index (χ0) is 28.1. The number of aliphatic carboxylic acids is 1. The standard InChI is InChI=1S/C23H35N5O8S/c1-12(29)19(25)22(34)27-15(7-8-18(24)31)20(32)26-16(9-10-37-2)21(33)28-17(23(35)36)11-13-3-5-14(30)6-4-13/h3-6,12,15-17,19,29-30H,7-11,25H2,1-2H3,(H2,24,31)(H,26,32)(H,27,34)(H,28,33)(H,35,36). The zero-order valence-corrected chi connectivity index (χ0v) is 21.5. The van der Waals surface area contributed by atoms with Gasteiger partial charge in [0.15, 0.2) is 0 Å². The van der Waals surface area contributed by atoms with E-state index in [1.807, 2.05) is 0 Å². The van der Waals surface area contributed by atoms with Crippen LogP contribution in [0.25, 0.3) is 0 Å². The second kappa shape index (κ2) is 15.7. The van der Waals surface area contributed by atoms with E-state index in [2.05, 4.69) is 16.0 Å². The number of carboxylic acids is 1. The fourth-order valence-electron chi connectivity index (χ4n) is 3.16. The predicted molar refractivity (Wildman–Crippen MR) is 136 cm³/mol. The van der Waals surface area contributed by atoms with Gasteiger partial charge in [-0.2, -0.15) is 11.8 Å². The molecule has 0 spiro atoms. The summed E-state index contributed by atoms with van der Waals surface area (Å²) in [6.45, 7) is 1.29. The van der Waals surface area contributed by atoms with E-state index in [0.717, 1.165) is 0 Å². The van der Waals surface area contributed by atoms with E-state index in [1.54, 1.807) is 6.26 Å². The topological polar surface area (TPSA) is 234 Å². The highest BCUT2D eigenvalue weighted by Gasteiger charge is 2.31. The van der Waals surface area contributed by atoms with Gasteiger partial charge in [-0.05, 0) is 49.5 Å². The van der Waals surface area contributed by atoms with Crippen LogP contribution in [-0.4, -0.2) is 87.2 Å². The molecule has 0 heterocycles. The Morgan fingerprint density at radius 1 is 0.919 bits per heavy atom. The number of aliphatic hydroxyl groups excluding tert-OH is 1. The first-order valence-corrected chi connectivity index (χ1v) is 12.9. The minimum Gasteiger partial charge on any atom is -0.508 e. The highest BCUT2D eigenvalue weighted by atomic mass is 32.2. The van der Waals surface area contributed by atoms with E-state index in [9.17, 15) is 39.3 Å². The Kier molecular flexibility index (Phi) is 13.4. The molecule has 1 rings (SSSR count). The number of carboxylic acid groups (broad SMARTS) is 1. The molecular formula is C23H35N5O8S. The number of carbonyl (C=O) groups excluding carboxylic acids is 4. The van der Waals surface area contributed by atoms with Gasteiger partial charge in [0.2, 0.25) is 23.6 Å². The van der Waals surface area contributed by atoms with Crippen LogP contribution < -0.4 is 27.4 Å². The summed E-state index contributed by atoms with van der Waals surface area (Å²) in [5.74, 6) is -3.97. The van der Waals surface area contributed by atoms with E-state index in [-0.39, 0.29) is 31.4 Å². The molecule has 0 aromatic heterocycles. The summed E-state index contributed by atoms with van der Waals surface area (Å²) in [5.41, 5.74) is 11.3. The first kappa shape index (κ1) is 31.7. The van der Waals surface area contributed by atoms with Crippen LogP contribution in [0.15, 0.2) is 24.3 Å². The van der Waals surface area contributed by atoms with Crippen LogP contribution in [0.3, 0.4) is 0 Å². The van der Waals surface area contributed by atoms with Crippen molar-refractivity contribution in [1.29, 1.82) is 0 Å². The molecular weight excluding hydrogens is 506 g/mol.